The van der Waals surface area contributed by atoms with Crippen LogP contribution in [0.25, 0.3) is 0 Å². The molecule has 0 amide bonds. The smallest absolute Gasteiger partial charge is 0.371 e. The molecule has 1 aliphatic rings. The summed E-state index contributed by atoms with van der Waals surface area (Å²) in [5.74, 6) is -21.3. The van der Waals surface area contributed by atoms with E-state index in [1.807, 2.05) is 0 Å². The molecule has 0 aromatic rings. The SMILES string of the molecule is CC1(C(F)(F)F)OC(O)(C(F)(F)F)C(F)(F)C(O)(C(F)(F)F)C1(F)F. The van der Waals surface area contributed by atoms with Crippen LogP contribution in [0.15, 0.2) is 0 Å². The summed E-state index contributed by atoms with van der Waals surface area (Å²) < 4.78 is 171. The average molecular weight is 408 g/mol. The zero-order chi connectivity index (χ0) is 20.7. The first kappa shape index (κ1) is 22.0. The molecule has 0 aliphatic carbocycles. The largest absolute Gasteiger partial charge is 0.449 e. The van der Waals surface area contributed by atoms with Gasteiger partial charge in [0.25, 0.3) is 5.60 Å². The van der Waals surface area contributed by atoms with Crippen LogP contribution in [0.3, 0.4) is 0 Å². The second-order valence-electron chi connectivity index (χ2n) is 5.13. The van der Waals surface area contributed by atoms with Crippen LogP contribution in [0.4, 0.5) is 57.1 Å². The molecule has 150 valence electrons. The Labute approximate surface area is 128 Å². The molecule has 1 rings (SSSR count). The third-order valence-electron chi connectivity index (χ3n) is 3.62. The predicted molar refractivity (Wildman–Crippen MR) is 47.4 cm³/mol. The van der Waals surface area contributed by atoms with Gasteiger partial charge in [0.05, 0.1) is 0 Å². The van der Waals surface area contributed by atoms with E-state index in [0.29, 0.717) is 0 Å². The van der Waals surface area contributed by atoms with E-state index in [9.17, 15) is 57.1 Å². The van der Waals surface area contributed by atoms with E-state index in [2.05, 4.69) is 4.74 Å². The Morgan fingerprint density at radius 1 is 0.640 bits per heavy atom. The van der Waals surface area contributed by atoms with Crippen LogP contribution in [0.2, 0.25) is 0 Å². The summed E-state index contributed by atoms with van der Waals surface area (Å²) in [7, 11) is 0. The lowest BCUT2D eigenvalue weighted by Crippen LogP contribution is -2.89. The fourth-order valence-electron chi connectivity index (χ4n) is 2.04. The van der Waals surface area contributed by atoms with Crippen LogP contribution in [0.5, 0.6) is 0 Å². The molecule has 0 bridgehead atoms. The molecule has 0 aromatic carbocycles. The highest BCUT2D eigenvalue weighted by Crippen LogP contribution is 2.68. The van der Waals surface area contributed by atoms with Gasteiger partial charge >= 0.3 is 36.2 Å². The quantitative estimate of drug-likeness (QED) is 0.606. The van der Waals surface area contributed by atoms with Crippen molar-refractivity contribution >= 4 is 0 Å². The lowest BCUT2D eigenvalue weighted by molar-refractivity contribution is -0.577. The normalized spacial score (nSPS) is 39.4. The Balaban J connectivity index is 4.06. The zero-order valence-corrected chi connectivity index (χ0v) is 11.2. The highest BCUT2D eigenvalue weighted by Gasteiger charge is 2.99. The van der Waals surface area contributed by atoms with Gasteiger partial charge in [0.15, 0.2) is 0 Å². The second-order valence-corrected chi connectivity index (χ2v) is 5.13. The molecule has 16 heteroatoms. The van der Waals surface area contributed by atoms with Crippen LogP contribution < -0.4 is 0 Å². The van der Waals surface area contributed by atoms with Crippen molar-refractivity contribution in [1.29, 1.82) is 0 Å². The van der Waals surface area contributed by atoms with Crippen LogP contribution in [0, 0.1) is 0 Å². The van der Waals surface area contributed by atoms with Gasteiger partial charge in [0.1, 0.15) is 0 Å². The Kier molecular flexibility index (Phi) is 4.24. The lowest BCUT2D eigenvalue weighted by Gasteiger charge is -2.58. The van der Waals surface area contributed by atoms with Crippen LogP contribution in [0.1, 0.15) is 6.92 Å². The van der Waals surface area contributed by atoms with E-state index < -0.39 is 54.3 Å². The fourth-order valence-corrected chi connectivity index (χ4v) is 2.04. The van der Waals surface area contributed by atoms with Gasteiger partial charge in [-0.3, -0.25) is 0 Å². The molecule has 1 aliphatic heterocycles. The summed E-state index contributed by atoms with van der Waals surface area (Å²) in [5, 5.41) is 17.6. The maximum absolute atomic E-state index is 13.7. The molecule has 3 atom stereocenters. The minimum absolute atomic E-state index is 1.16. The molecule has 25 heavy (non-hydrogen) atoms. The van der Waals surface area contributed by atoms with Crippen molar-refractivity contribution in [2.75, 3.05) is 0 Å². The van der Waals surface area contributed by atoms with Gasteiger partial charge in [0, 0.05) is 0 Å². The third-order valence-corrected chi connectivity index (χ3v) is 3.62. The van der Waals surface area contributed by atoms with Gasteiger partial charge in [-0.1, -0.05) is 0 Å². The van der Waals surface area contributed by atoms with Crippen molar-refractivity contribution in [2.24, 2.45) is 0 Å². The first-order valence-corrected chi connectivity index (χ1v) is 5.56. The fraction of sp³-hybridized carbons (Fsp3) is 1.00. The molecular weight excluding hydrogens is 403 g/mol. The molecule has 0 aromatic heterocycles. The molecule has 0 spiro atoms. The summed E-state index contributed by atoms with van der Waals surface area (Å²) in [5.41, 5.74) is -13.3. The van der Waals surface area contributed by atoms with Gasteiger partial charge < -0.3 is 14.9 Å². The van der Waals surface area contributed by atoms with E-state index in [1.54, 1.807) is 0 Å². The predicted octanol–water partition coefficient (Wildman–Crippen LogP) is 3.15. The van der Waals surface area contributed by atoms with Crippen molar-refractivity contribution in [3.8, 4) is 0 Å². The molecule has 3 unspecified atom stereocenters. The zero-order valence-electron chi connectivity index (χ0n) is 11.2. The molecular formula is C9H5F13O3. The molecule has 1 heterocycles. The van der Waals surface area contributed by atoms with E-state index in [0.717, 1.165) is 0 Å². The summed E-state index contributed by atoms with van der Waals surface area (Å²) in [6.07, 6.45) is -21.5. The van der Waals surface area contributed by atoms with E-state index >= 15 is 0 Å². The van der Waals surface area contributed by atoms with Gasteiger partial charge in [0.2, 0.25) is 5.60 Å². The number of hydrogen-bond acceptors (Lipinski definition) is 3. The topological polar surface area (TPSA) is 49.7 Å². The third kappa shape index (κ3) is 2.19. The molecule has 1 saturated heterocycles. The monoisotopic (exact) mass is 408 g/mol. The minimum Gasteiger partial charge on any atom is -0.371 e. The number of hydrogen-bond donors (Lipinski definition) is 2. The summed E-state index contributed by atoms with van der Waals surface area (Å²) in [6.45, 7) is -1.16. The minimum atomic E-state index is -7.46. The van der Waals surface area contributed by atoms with Crippen LogP contribution >= 0.6 is 0 Å². The lowest BCUT2D eigenvalue weighted by atomic mass is 9.71. The number of ether oxygens (including phenoxy) is 1. The summed E-state index contributed by atoms with van der Waals surface area (Å²) in [6, 6.07) is 0. The van der Waals surface area contributed by atoms with Crippen molar-refractivity contribution < 1.29 is 72.0 Å². The molecule has 0 radical (unpaired) electrons. The van der Waals surface area contributed by atoms with Crippen LogP contribution in [-0.2, 0) is 4.74 Å². The maximum Gasteiger partial charge on any atom is 0.449 e. The van der Waals surface area contributed by atoms with Gasteiger partial charge in [-0.05, 0) is 6.92 Å². The van der Waals surface area contributed by atoms with E-state index in [4.69, 9.17) is 10.2 Å². The summed E-state index contributed by atoms with van der Waals surface area (Å²) in [4.78, 5) is 0. The molecule has 0 saturated carbocycles. The molecule has 2 N–H and O–H groups in total. The number of halogens is 13. The Morgan fingerprint density at radius 2 is 1.00 bits per heavy atom. The maximum atomic E-state index is 13.7. The van der Waals surface area contributed by atoms with Crippen LogP contribution in [-0.4, -0.2) is 57.6 Å². The highest BCUT2D eigenvalue weighted by atomic mass is 19.4. The van der Waals surface area contributed by atoms with E-state index in [1.165, 1.54) is 0 Å². The van der Waals surface area contributed by atoms with E-state index in [-0.39, 0.29) is 0 Å². The van der Waals surface area contributed by atoms with Crippen molar-refractivity contribution in [1.82, 2.24) is 0 Å². The standard InChI is InChI=1S/C9H5F13O3/c1-2(7(14,15)16)4(10,11)3(23,8(17,18)19)5(12,13)6(24,25-2)9(20,21)22/h23-24H,1H3. The molecule has 1 fully saturated rings. The molecule has 3 nitrogen and oxygen atoms in total. The first-order valence-electron chi connectivity index (χ1n) is 5.56. The average Bonchev–Trinajstić information content (AvgIpc) is 2.31. The number of aliphatic hydroxyl groups is 2. The Bertz CT molecular complexity index is 508. The number of rotatable bonds is 0. The van der Waals surface area contributed by atoms with Gasteiger partial charge in [-0.15, -0.1) is 0 Å². The van der Waals surface area contributed by atoms with Crippen molar-refractivity contribution in [2.45, 2.75) is 54.3 Å². The summed E-state index contributed by atoms with van der Waals surface area (Å²) >= 11 is 0. The van der Waals surface area contributed by atoms with Gasteiger partial charge in [-0.25, -0.2) is 0 Å². The highest BCUT2D eigenvalue weighted by molar-refractivity contribution is 5.25. The Hall–Kier alpha value is -1.03. The first-order chi connectivity index (χ1) is 10.5. The van der Waals surface area contributed by atoms with Crippen molar-refractivity contribution in [3.63, 3.8) is 0 Å². The van der Waals surface area contributed by atoms with Crippen molar-refractivity contribution in [3.05, 3.63) is 0 Å². The Morgan fingerprint density at radius 3 is 1.24 bits per heavy atom. The number of alkyl halides is 13. The second kappa shape index (κ2) is 4.82. The van der Waals surface area contributed by atoms with Gasteiger partial charge in [-0.2, -0.15) is 57.1 Å².